The van der Waals surface area contributed by atoms with E-state index < -0.39 is 0 Å². The summed E-state index contributed by atoms with van der Waals surface area (Å²) in [5, 5.41) is 0.897. The Morgan fingerprint density at radius 2 is 1.88 bits per heavy atom. The van der Waals surface area contributed by atoms with Crippen LogP contribution in [0.1, 0.15) is 5.56 Å². The van der Waals surface area contributed by atoms with Crippen molar-refractivity contribution in [1.82, 2.24) is 0 Å². The second-order valence-corrected chi connectivity index (χ2v) is 3.38. The zero-order valence-electron chi connectivity index (χ0n) is 9.01. The molecule has 0 radical (unpaired) electrons. The predicted octanol–water partition coefficient (Wildman–Crippen LogP) is 1.72. The van der Waals surface area contributed by atoms with Crippen molar-refractivity contribution in [2.45, 2.75) is 6.42 Å². The van der Waals surface area contributed by atoms with Gasteiger partial charge in [0.15, 0.2) is 0 Å². The van der Waals surface area contributed by atoms with Gasteiger partial charge in [0.2, 0.25) is 0 Å². The first kappa shape index (κ1) is 15.8. The standard InChI is InChI=1S/C11H12N2O2.2ClH/c12-4-3-7-5-11(14)15-10-6-8(13)1-2-9(7)10;;/h1-2,5-6H,3-4,12-13H2;2*1H. The van der Waals surface area contributed by atoms with Crippen LogP contribution in [-0.4, -0.2) is 6.54 Å². The van der Waals surface area contributed by atoms with Gasteiger partial charge in [-0.2, -0.15) is 0 Å². The van der Waals surface area contributed by atoms with Crippen LogP contribution < -0.4 is 17.1 Å². The van der Waals surface area contributed by atoms with Crippen LogP contribution in [0.25, 0.3) is 11.0 Å². The van der Waals surface area contributed by atoms with Gasteiger partial charge in [0.25, 0.3) is 0 Å². The molecule has 4 nitrogen and oxygen atoms in total. The number of benzene rings is 1. The quantitative estimate of drug-likeness (QED) is 0.646. The molecule has 1 aromatic carbocycles. The van der Waals surface area contributed by atoms with Crippen molar-refractivity contribution in [1.29, 1.82) is 0 Å². The van der Waals surface area contributed by atoms with E-state index in [2.05, 4.69) is 0 Å². The number of fused-ring (bicyclic) bond motifs is 1. The van der Waals surface area contributed by atoms with E-state index in [0.29, 0.717) is 24.2 Å². The van der Waals surface area contributed by atoms with Gasteiger partial charge in [0.05, 0.1) is 0 Å². The highest BCUT2D eigenvalue weighted by atomic mass is 35.5. The largest absolute Gasteiger partial charge is 0.423 e. The van der Waals surface area contributed by atoms with Gasteiger partial charge in [-0.15, -0.1) is 24.8 Å². The third-order valence-corrected chi connectivity index (χ3v) is 2.27. The molecule has 0 saturated heterocycles. The van der Waals surface area contributed by atoms with E-state index in [1.54, 1.807) is 12.1 Å². The maximum Gasteiger partial charge on any atom is 0.336 e. The molecule has 0 aliphatic rings. The van der Waals surface area contributed by atoms with E-state index in [-0.39, 0.29) is 30.4 Å². The second kappa shape index (κ2) is 6.49. The maximum atomic E-state index is 11.2. The van der Waals surface area contributed by atoms with Gasteiger partial charge >= 0.3 is 5.63 Å². The summed E-state index contributed by atoms with van der Waals surface area (Å²) in [6.45, 7) is 0.503. The summed E-state index contributed by atoms with van der Waals surface area (Å²) in [6.07, 6.45) is 0.659. The Morgan fingerprint density at radius 3 is 2.53 bits per heavy atom. The average Bonchev–Trinajstić information content (AvgIpc) is 2.17. The number of nitrogen functional groups attached to an aromatic ring is 1. The molecular weight excluding hydrogens is 263 g/mol. The highest BCUT2D eigenvalue weighted by Gasteiger charge is 2.04. The van der Waals surface area contributed by atoms with Crippen LogP contribution in [0.4, 0.5) is 5.69 Å². The number of nitrogens with two attached hydrogens (primary N) is 2. The molecule has 17 heavy (non-hydrogen) atoms. The van der Waals surface area contributed by atoms with Gasteiger partial charge < -0.3 is 15.9 Å². The third kappa shape index (κ3) is 3.36. The molecule has 2 aromatic rings. The van der Waals surface area contributed by atoms with Crippen molar-refractivity contribution in [3.05, 3.63) is 40.2 Å². The Balaban J connectivity index is 0.00000128. The van der Waals surface area contributed by atoms with Crippen molar-refractivity contribution < 1.29 is 4.42 Å². The molecule has 0 amide bonds. The van der Waals surface area contributed by atoms with E-state index in [4.69, 9.17) is 15.9 Å². The molecule has 0 aliphatic carbocycles. The number of hydrogen-bond donors (Lipinski definition) is 2. The molecule has 0 bridgehead atoms. The molecule has 0 fully saturated rings. The molecule has 6 heteroatoms. The molecule has 0 unspecified atom stereocenters. The monoisotopic (exact) mass is 276 g/mol. The maximum absolute atomic E-state index is 11.2. The SMILES string of the molecule is Cl.Cl.NCCc1cc(=O)oc2cc(N)ccc12. The van der Waals surface area contributed by atoms with Gasteiger partial charge in [-0.25, -0.2) is 4.79 Å². The Labute approximate surface area is 111 Å². The summed E-state index contributed by atoms with van der Waals surface area (Å²) in [6, 6.07) is 6.75. The zero-order chi connectivity index (χ0) is 10.8. The Morgan fingerprint density at radius 1 is 1.18 bits per heavy atom. The van der Waals surface area contributed by atoms with Gasteiger partial charge in [-0.3, -0.25) is 0 Å². The van der Waals surface area contributed by atoms with Crippen molar-refractivity contribution in [2.75, 3.05) is 12.3 Å². The zero-order valence-corrected chi connectivity index (χ0v) is 10.6. The smallest absolute Gasteiger partial charge is 0.336 e. The summed E-state index contributed by atoms with van der Waals surface area (Å²) < 4.78 is 5.05. The molecule has 0 saturated carbocycles. The molecular formula is C11H14Cl2N2O2. The summed E-state index contributed by atoms with van der Waals surface area (Å²) in [5.41, 5.74) is 12.7. The van der Waals surface area contributed by atoms with Gasteiger partial charge in [-0.05, 0) is 30.7 Å². The number of halogens is 2. The molecule has 1 heterocycles. The summed E-state index contributed by atoms with van der Waals surface area (Å²) in [4.78, 5) is 11.2. The van der Waals surface area contributed by atoms with Crippen LogP contribution in [0.5, 0.6) is 0 Å². The first-order valence-electron chi connectivity index (χ1n) is 4.73. The molecule has 94 valence electrons. The number of rotatable bonds is 2. The van der Waals surface area contributed by atoms with Gasteiger partial charge in [0.1, 0.15) is 5.58 Å². The number of hydrogen-bond acceptors (Lipinski definition) is 4. The van der Waals surface area contributed by atoms with Crippen LogP contribution in [0.15, 0.2) is 33.5 Å². The van der Waals surface area contributed by atoms with Crippen molar-refractivity contribution in [3.63, 3.8) is 0 Å². The minimum absolute atomic E-state index is 0. The van der Waals surface area contributed by atoms with E-state index in [1.807, 2.05) is 6.07 Å². The Kier molecular flexibility index (Phi) is 6.02. The van der Waals surface area contributed by atoms with Crippen LogP contribution in [0.3, 0.4) is 0 Å². The van der Waals surface area contributed by atoms with Gasteiger partial charge in [-0.1, -0.05) is 0 Å². The van der Waals surface area contributed by atoms with Crippen molar-refractivity contribution in [2.24, 2.45) is 5.73 Å². The second-order valence-electron chi connectivity index (χ2n) is 3.38. The fourth-order valence-electron chi connectivity index (χ4n) is 1.61. The molecule has 2 rings (SSSR count). The first-order chi connectivity index (χ1) is 7.20. The fourth-order valence-corrected chi connectivity index (χ4v) is 1.61. The van der Waals surface area contributed by atoms with Gasteiger partial charge in [0, 0.05) is 23.2 Å². The van der Waals surface area contributed by atoms with Crippen LogP contribution in [0.2, 0.25) is 0 Å². The fraction of sp³-hybridized carbons (Fsp3) is 0.182. The third-order valence-electron chi connectivity index (χ3n) is 2.27. The van der Waals surface area contributed by atoms with E-state index in [0.717, 1.165) is 10.9 Å². The lowest BCUT2D eigenvalue weighted by Gasteiger charge is -2.03. The average molecular weight is 277 g/mol. The van der Waals surface area contributed by atoms with Crippen molar-refractivity contribution >= 4 is 41.5 Å². The minimum Gasteiger partial charge on any atom is -0.423 e. The molecule has 0 spiro atoms. The van der Waals surface area contributed by atoms with E-state index in [9.17, 15) is 4.79 Å². The summed E-state index contributed by atoms with van der Waals surface area (Å²) in [5.74, 6) is 0. The molecule has 4 N–H and O–H groups in total. The normalized spacial score (nSPS) is 9.47. The van der Waals surface area contributed by atoms with Crippen molar-refractivity contribution in [3.8, 4) is 0 Å². The topological polar surface area (TPSA) is 82.2 Å². The van der Waals surface area contributed by atoms with E-state index >= 15 is 0 Å². The Hall–Kier alpha value is -1.23. The molecule has 0 atom stereocenters. The highest BCUT2D eigenvalue weighted by molar-refractivity contribution is 5.85. The lowest BCUT2D eigenvalue weighted by Crippen LogP contribution is -2.07. The summed E-state index contributed by atoms with van der Waals surface area (Å²) >= 11 is 0. The van der Waals surface area contributed by atoms with Crippen LogP contribution in [-0.2, 0) is 6.42 Å². The molecule has 1 aromatic heterocycles. The molecule has 0 aliphatic heterocycles. The first-order valence-corrected chi connectivity index (χ1v) is 4.73. The van der Waals surface area contributed by atoms with Crippen LogP contribution in [0, 0.1) is 0 Å². The lowest BCUT2D eigenvalue weighted by molar-refractivity contribution is 0.559. The number of anilines is 1. The Bertz CT molecular complexity index is 555. The lowest BCUT2D eigenvalue weighted by atomic mass is 10.1. The highest BCUT2D eigenvalue weighted by Crippen LogP contribution is 2.19. The predicted molar refractivity (Wildman–Crippen MR) is 74.2 cm³/mol. The van der Waals surface area contributed by atoms with Crippen LogP contribution >= 0.6 is 24.8 Å². The minimum atomic E-state index is -0.364. The van der Waals surface area contributed by atoms with E-state index in [1.165, 1.54) is 6.07 Å². The summed E-state index contributed by atoms with van der Waals surface area (Å²) in [7, 11) is 0.